The predicted molar refractivity (Wildman–Crippen MR) is 175 cm³/mol. The first-order valence-corrected chi connectivity index (χ1v) is 16.7. The number of nitro benzene ring substituents is 2. The summed E-state index contributed by atoms with van der Waals surface area (Å²) in [5, 5.41) is 30.7. The number of hydrogen-bond acceptors (Lipinski definition) is 7. The van der Waals surface area contributed by atoms with Crippen molar-refractivity contribution >= 4 is 11.4 Å². The van der Waals surface area contributed by atoms with E-state index in [1.165, 1.54) is 36.4 Å². The molecule has 330 valence electrons. The molecule has 3 aromatic carbocycles. The molecule has 25 heteroatoms. The molecule has 0 atom stereocenters. The van der Waals surface area contributed by atoms with Gasteiger partial charge in [-0.2, -0.15) is 75.5 Å². The molecule has 0 saturated carbocycles. The van der Waals surface area contributed by atoms with Crippen molar-refractivity contribution < 1.29 is 89.6 Å². The summed E-state index contributed by atoms with van der Waals surface area (Å²) in [6, 6.07) is 15.5. The van der Waals surface area contributed by atoms with E-state index in [9.17, 15) is 90.5 Å². The van der Waals surface area contributed by atoms with E-state index in [1.807, 2.05) is 6.07 Å². The Labute approximate surface area is 326 Å². The fraction of sp³-hybridized carbons (Fsp3) is 0.457. The number of benzene rings is 3. The summed E-state index contributed by atoms with van der Waals surface area (Å²) >= 11 is 0. The van der Waals surface area contributed by atoms with E-state index < -0.39 is 126 Å². The normalized spacial score (nSPS) is 13.4. The molecule has 0 saturated heterocycles. The van der Waals surface area contributed by atoms with Crippen LogP contribution in [-0.2, 0) is 0 Å². The molecule has 60 heavy (non-hydrogen) atoms. The number of alkyl halides is 16. The summed E-state index contributed by atoms with van der Waals surface area (Å²) in [5.74, 6) is -62.9. The van der Waals surface area contributed by atoms with E-state index in [0.717, 1.165) is 0 Å². The highest BCUT2D eigenvalue weighted by Crippen LogP contribution is 2.64. The maximum absolute atomic E-state index is 14.4. The van der Waals surface area contributed by atoms with Crippen molar-refractivity contribution in [1.29, 1.82) is 5.26 Å². The fourth-order valence-electron chi connectivity index (χ4n) is 5.20. The third-order valence-electron chi connectivity index (χ3n) is 8.74. The van der Waals surface area contributed by atoms with Crippen LogP contribution in [-0.4, -0.2) is 70.4 Å². The Morgan fingerprint density at radius 1 is 0.517 bits per heavy atom. The Morgan fingerprint density at radius 2 is 0.917 bits per heavy atom. The van der Waals surface area contributed by atoms with E-state index in [1.54, 1.807) is 12.1 Å². The van der Waals surface area contributed by atoms with Crippen LogP contribution in [0.1, 0.15) is 44.1 Å². The zero-order chi connectivity index (χ0) is 45.8. The number of nitro groups is 2. The highest BCUT2D eigenvalue weighted by atomic mass is 19.4. The molecule has 3 aromatic rings. The lowest BCUT2D eigenvalue weighted by Crippen LogP contribution is -2.74. The van der Waals surface area contributed by atoms with Crippen LogP contribution < -0.4 is 9.47 Å². The van der Waals surface area contributed by atoms with E-state index in [-0.39, 0.29) is 5.75 Å². The molecule has 0 aliphatic carbocycles. The van der Waals surface area contributed by atoms with Gasteiger partial charge in [0.15, 0.2) is 5.75 Å². The van der Waals surface area contributed by atoms with Gasteiger partial charge >= 0.3 is 53.1 Å². The van der Waals surface area contributed by atoms with Gasteiger partial charge in [-0.15, -0.1) is 0 Å². The molecule has 0 aliphatic heterocycles. The second-order valence-corrected chi connectivity index (χ2v) is 12.8. The lowest BCUT2D eigenvalue weighted by molar-refractivity contribution is -0.453. The van der Waals surface area contributed by atoms with Gasteiger partial charge in [-0.1, -0.05) is 24.3 Å². The van der Waals surface area contributed by atoms with Gasteiger partial charge in [0.1, 0.15) is 5.75 Å². The molecule has 0 heterocycles. The number of halogens is 16. The van der Waals surface area contributed by atoms with Gasteiger partial charge in [-0.25, -0.2) is 0 Å². The molecule has 0 aliphatic rings. The molecule has 0 aromatic heterocycles. The second kappa shape index (κ2) is 17.6. The number of unbranched alkanes of at least 4 members (excludes halogenated alkanes) is 2. The Balaban J connectivity index is 1.65. The average molecular weight is 890 g/mol. The summed E-state index contributed by atoms with van der Waals surface area (Å²) in [7, 11) is 0. The molecule has 0 bridgehead atoms. The van der Waals surface area contributed by atoms with Crippen LogP contribution in [0.15, 0.2) is 66.7 Å². The van der Waals surface area contributed by atoms with Gasteiger partial charge in [0.2, 0.25) is 0 Å². The van der Waals surface area contributed by atoms with Gasteiger partial charge < -0.3 is 9.47 Å². The smallest absolute Gasteiger partial charge is 0.384 e. The first-order chi connectivity index (χ1) is 27.4. The molecule has 0 fully saturated rings. The third kappa shape index (κ3) is 9.25. The lowest BCUT2D eigenvalue weighted by Gasteiger charge is -2.43. The Morgan fingerprint density at radius 3 is 1.32 bits per heavy atom. The Hall–Kier alpha value is -5.57. The van der Waals surface area contributed by atoms with Crippen molar-refractivity contribution in [3.8, 4) is 28.7 Å². The third-order valence-corrected chi connectivity index (χ3v) is 8.74. The standard InChI is InChI=1S/C35H27F16N3O6/c36-28(37,15-1-3-17-59-25-12-9-23(10-13-25)22-7-5-21(20-52)6-8-22)30(40,41)32(44,45)34(48,49)35(50,51)33(46,47)31(42,43)29(38,39)16-2-4-18-60-27-14-11-24(53(55)56)19-26(27)54(57)58/h5-14,19H,1-4,15-18H2. The highest BCUT2D eigenvalue weighted by molar-refractivity contribution is 5.65. The van der Waals surface area contributed by atoms with Crippen molar-refractivity contribution in [3.05, 3.63) is 92.5 Å². The topological polar surface area (TPSA) is 129 Å². The molecule has 0 N–H and O–H groups in total. The molecule has 0 amide bonds. The molecule has 0 radical (unpaired) electrons. The minimum Gasteiger partial charge on any atom is -0.494 e. The molecular weight excluding hydrogens is 862 g/mol. The summed E-state index contributed by atoms with van der Waals surface area (Å²) in [4.78, 5) is 19.6. The number of nitrogens with zero attached hydrogens (tertiary/aromatic N) is 3. The van der Waals surface area contributed by atoms with Gasteiger partial charge in [0.05, 0.1) is 40.8 Å². The van der Waals surface area contributed by atoms with Crippen molar-refractivity contribution in [2.75, 3.05) is 13.2 Å². The number of hydrogen-bond donors (Lipinski definition) is 0. The maximum atomic E-state index is 14.4. The predicted octanol–water partition coefficient (Wildman–Crippen LogP) is 11.9. The maximum Gasteiger partial charge on any atom is 0.384 e. The summed E-state index contributed by atoms with van der Waals surface area (Å²) in [5.41, 5.74) is -0.285. The van der Waals surface area contributed by atoms with Crippen molar-refractivity contribution in [2.45, 2.75) is 85.9 Å². The number of ether oxygens (including phenoxy) is 2. The van der Waals surface area contributed by atoms with Gasteiger partial charge in [0.25, 0.3) is 5.69 Å². The molecular formula is C35H27F16N3O6. The summed E-state index contributed by atoms with van der Waals surface area (Å²) < 4.78 is 240. The van der Waals surface area contributed by atoms with E-state index in [0.29, 0.717) is 34.9 Å². The minimum atomic E-state index is -8.57. The van der Waals surface area contributed by atoms with Gasteiger partial charge in [-0.3, -0.25) is 20.2 Å². The van der Waals surface area contributed by atoms with E-state index in [4.69, 9.17) is 14.7 Å². The average Bonchev–Trinajstić information content (AvgIpc) is 3.17. The molecule has 0 spiro atoms. The van der Waals surface area contributed by atoms with Crippen LogP contribution >= 0.6 is 0 Å². The van der Waals surface area contributed by atoms with Crippen LogP contribution in [0.4, 0.5) is 81.6 Å². The lowest BCUT2D eigenvalue weighted by atomic mass is 9.86. The van der Waals surface area contributed by atoms with E-state index in [2.05, 4.69) is 0 Å². The van der Waals surface area contributed by atoms with Crippen LogP contribution in [0.3, 0.4) is 0 Å². The van der Waals surface area contributed by atoms with Crippen LogP contribution in [0.25, 0.3) is 11.1 Å². The Bertz CT molecular complexity index is 2030. The molecule has 3 rings (SSSR count). The van der Waals surface area contributed by atoms with Crippen molar-refractivity contribution in [1.82, 2.24) is 0 Å². The summed E-state index contributed by atoms with van der Waals surface area (Å²) in [6.07, 6.45) is -9.65. The first-order valence-electron chi connectivity index (χ1n) is 16.7. The first kappa shape index (κ1) is 48.8. The van der Waals surface area contributed by atoms with Gasteiger partial charge in [0, 0.05) is 18.9 Å². The van der Waals surface area contributed by atoms with Crippen LogP contribution in [0, 0.1) is 31.6 Å². The zero-order valence-electron chi connectivity index (χ0n) is 29.8. The quantitative estimate of drug-likeness (QED) is 0.0425. The number of non-ortho nitro benzene ring substituents is 1. The minimum absolute atomic E-state index is 0.0446. The fourth-order valence-corrected chi connectivity index (χ4v) is 5.20. The second-order valence-electron chi connectivity index (χ2n) is 12.8. The van der Waals surface area contributed by atoms with Crippen molar-refractivity contribution in [3.63, 3.8) is 0 Å². The number of nitriles is 1. The number of rotatable bonds is 22. The Kier molecular flexibility index (Phi) is 14.3. The highest BCUT2D eigenvalue weighted by Gasteiger charge is 2.94. The van der Waals surface area contributed by atoms with Gasteiger partial charge in [-0.05, 0) is 67.1 Å². The van der Waals surface area contributed by atoms with Crippen LogP contribution in [0.2, 0.25) is 0 Å². The largest absolute Gasteiger partial charge is 0.494 e. The monoisotopic (exact) mass is 889 g/mol. The zero-order valence-corrected chi connectivity index (χ0v) is 29.8. The SMILES string of the molecule is N#Cc1ccc(-c2ccc(OCCCCC(F)(F)C(F)(F)C(F)(F)C(F)(F)C(F)(F)C(F)(F)C(F)(F)C(F)(F)CCCCOc3ccc([N+](=O)[O-])cc3[N+](=O)[O-])cc2)cc1. The van der Waals surface area contributed by atoms with Crippen molar-refractivity contribution in [2.24, 2.45) is 0 Å². The van der Waals surface area contributed by atoms with E-state index >= 15 is 0 Å². The molecule has 0 unspecified atom stereocenters. The van der Waals surface area contributed by atoms with Crippen LogP contribution in [0.5, 0.6) is 11.5 Å². The molecule has 9 nitrogen and oxygen atoms in total. The summed E-state index contributed by atoms with van der Waals surface area (Å²) in [6.45, 7) is -1.61.